The maximum Gasteiger partial charge on any atom is 0.309 e. The first kappa shape index (κ1) is 13.0. The zero-order chi connectivity index (χ0) is 13.0. The Balaban J connectivity index is 2.79. The predicted molar refractivity (Wildman–Crippen MR) is 60.1 cm³/mol. The van der Waals surface area contributed by atoms with Crippen molar-refractivity contribution in [2.24, 2.45) is 5.92 Å². The second-order valence-electron chi connectivity index (χ2n) is 3.76. The summed E-state index contributed by atoms with van der Waals surface area (Å²) >= 11 is 0. The number of nitro benzene ring substituents is 1. The van der Waals surface area contributed by atoms with Crippen molar-refractivity contribution < 1.29 is 19.6 Å². The molecule has 0 bridgehead atoms. The fraction of sp³-hybridized carbons (Fsp3) is 0.364. The van der Waals surface area contributed by atoms with Gasteiger partial charge in [0, 0.05) is 6.07 Å². The van der Waals surface area contributed by atoms with Gasteiger partial charge in [0.05, 0.1) is 16.9 Å². The molecule has 1 unspecified atom stereocenters. The minimum Gasteiger partial charge on any atom is -0.492 e. The van der Waals surface area contributed by atoms with Gasteiger partial charge in [-0.1, -0.05) is 0 Å². The number of carboxylic acids is 1. The van der Waals surface area contributed by atoms with Crippen molar-refractivity contribution in [2.75, 3.05) is 6.61 Å². The third-order valence-corrected chi connectivity index (χ3v) is 2.29. The van der Waals surface area contributed by atoms with E-state index in [1.807, 2.05) is 0 Å². The molecule has 0 aliphatic rings. The highest BCUT2D eigenvalue weighted by atomic mass is 16.6. The highest BCUT2D eigenvalue weighted by molar-refractivity contribution is 5.69. The van der Waals surface area contributed by atoms with Gasteiger partial charge < -0.3 is 9.84 Å². The maximum absolute atomic E-state index is 10.6. The van der Waals surface area contributed by atoms with Gasteiger partial charge in [-0.15, -0.1) is 0 Å². The van der Waals surface area contributed by atoms with Crippen molar-refractivity contribution in [1.29, 1.82) is 0 Å². The van der Waals surface area contributed by atoms with E-state index in [2.05, 4.69) is 0 Å². The van der Waals surface area contributed by atoms with E-state index in [0.29, 0.717) is 5.75 Å². The zero-order valence-electron chi connectivity index (χ0n) is 9.54. The van der Waals surface area contributed by atoms with Crippen LogP contribution in [0.5, 0.6) is 5.75 Å². The number of carboxylic acid groups (broad SMARTS) is 1. The summed E-state index contributed by atoms with van der Waals surface area (Å²) in [7, 11) is 0. The van der Waals surface area contributed by atoms with E-state index in [9.17, 15) is 14.9 Å². The molecule has 6 heteroatoms. The number of benzene rings is 1. The lowest BCUT2D eigenvalue weighted by molar-refractivity contribution is -0.384. The molecular weight excluding hydrogens is 226 g/mol. The molecule has 0 radical (unpaired) electrons. The number of aliphatic carboxylic acids is 1. The molecule has 1 rings (SSSR count). The van der Waals surface area contributed by atoms with Gasteiger partial charge in [0.25, 0.3) is 5.69 Å². The number of ether oxygens (including phenoxy) is 1. The van der Waals surface area contributed by atoms with Crippen LogP contribution in [0.4, 0.5) is 5.69 Å². The maximum atomic E-state index is 10.6. The summed E-state index contributed by atoms with van der Waals surface area (Å²) in [4.78, 5) is 20.6. The smallest absolute Gasteiger partial charge is 0.309 e. The molecule has 0 spiro atoms. The molecule has 1 N–H and O–H groups in total. The van der Waals surface area contributed by atoms with Gasteiger partial charge in [-0.25, -0.2) is 0 Å². The molecule has 0 aliphatic heterocycles. The topological polar surface area (TPSA) is 89.7 Å². The first-order valence-electron chi connectivity index (χ1n) is 5.02. The highest BCUT2D eigenvalue weighted by Crippen LogP contribution is 2.24. The van der Waals surface area contributed by atoms with Crippen molar-refractivity contribution >= 4 is 11.7 Å². The number of nitrogens with zero attached hydrogens (tertiary/aromatic N) is 1. The Morgan fingerprint density at radius 2 is 2.24 bits per heavy atom. The fourth-order valence-corrected chi connectivity index (χ4v) is 1.14. The van der Waals surface area contributed by atoms with E-state index in [-0.39, 0.29) is 12.3 Å². The van der Waals surface area contributed by atoms with Gasteiger partial charge in [0.2, 0.25) is 0 Å². The second kappa shape index (κ2) is 5.29. The molecule has 17 heavy (non-hydrogen) atoms. The standard InChI is InChI=1S/C11H13NO5/c1-7-3-4-9(12(15)16)5-10(7)17-6-8(2)11(13)14/h3-5,8H,6H2,1-2H3,(H,13,14). The lowest BCUT2D eigenvalue weighted by Gasteiger charge is -2.11. The van der Waals surface area contributed by atoms with Gasteiger partial charge in [0.1, 0.15) is 12.4 Å². The number of hydrogen-bond acceptors (Lipinski definition) is 4. The van der Waals surface area contributed by atoms with Crippen molar-refractivity contribution in [2.45, 2.75) is 13.8 Å². The minimum atomic E-state index is -0.965. The largest absolute Gasteiger partial charge is 0.492 e. The number of carbonyl (C=O) groups is 1. The molecular formula is C11H13NO5. The lowest BCUT2D eigenvalue weighted by Crippen LogP contribution is -2.18. The van der Waals surface area contributed by atoms with Crippen molar-refractivity contribution in [3.05, 3.63) is 33.9 Å². The average Bonchev–Trinajstić information content (AvgIpc) is 2.26. The minimum absolute atomic E-state index is 0.0165. The van der Waals surface area contributed by atoms with Crippen LogP contribution in [0.3, 0.4) is 0 Å². The van der Waals surface area contributed by atoms with E-state index < -0.39 is 16.8 Å². The number of nitro groups is 1. The summed E-state index contributed by atoms with van der Waals surface area (Å²) in [5.41, 5.74) is 0.654. The Bertz CT molecular complexity index is 443. The third-order valence-electron chi connectivity index (χ3n) is 2.29. The number of non-ortho nitro benzene ring substituents is 1. The Hall–Kier alpha value is -2.11. The van der Waals surface area contributed by atoms with Crippen LogP contribution in [0.2, 0.25) is 0 Å². The summed E-state index contributed by atoms with van der Waals surface area (Å²) in [6, 6.07) is 4.24. The monoisotopic (exact) mass is 239 g/mol. The van der Waals surface area contributed by atoms with Gasteiger partial charge in [-0.05, 0) is 25.5 Å². The zero-order valence-corrected chi connectivity index (χ0v) is 9.54. The summed E-state index contributed by atoms with van der Waals surface area (Å²) in [5, 5.41) is 19.3. The van der Waals surface area contributed by atoms with Gasteiger partial charge in [0.15, 0.2) is 0 Å². The molecule has 0 heterocycles. The molecule has 0 saturated heterocycles. The van der Waals surface area contributed by atoms with Crippen LogP contribution in [0.25, 0.3) is 0 Å². The summed E-state index contributed by atoms with van der Waals surface area (Å²) in [6.07, 6.45) is 0. The van der Waals surface area contributed by atoms with E-state index in [4.69, 9.17) is 9.84 Å². The van der Waals surface area contributed by atoms with Crippen LogP contribution in [-0.4, -0.2) is 22.6 Å². The highest BCUT2D eigenvalue weighted by Gasteiger charge is 2.14. The number of hydrogen-bond donors (Lipinski definition) is 1. The van der Waals surface area contributed by atoms with E-state index >= 15 is 0 Å². The molecule has 1 aromatic carbocycles. The second-order valence-corrected chi connectivity index (χ2v) is 3.76. The molecule has 0 aliphatic carbocycles. The first-order valence-corrected chi connectivity index (χ1v) is 5.02. The van der Waals surface area contributed by atoms with Crippen LogP contribution < -0.4 is 4.74 Å². The van der Waals surface area contributed by atoms with Crippen LogP contribution in [0, 0.1) is 23.0 Å². The van der Waals surface area contributed by atoms with Gasteiger partial charge in [-0.2, -0.15) is 0 Å². The molecule has 1 aromatic rings. The molecule has 1 atom stereocenters. The average molecular weight is 239 g/mol. The Morgan fingerprint density at radius 1 is 1.59 bits per heavy atom. The number of rotatable bonds is 5. The van der Waals surface area contributed by atoms with E-state index in [1.54, 1.807) is 13.0 Å². The summed E-state index contributed by atoms with van der Waals surface area (Å²) in [5.74, 6) is -1.28. The first-order chi connectivity index (χ1) is 7.91. The Morgan fingerprint density at radius 3 is 2.76 bits per heavy atom. The third kappa shape index (κ3) is 3.44. The van der Waals surface area contributed by atoms with Crippen LogP contribution in [-0.2, 0) is 4.79 Å². The summed E-state index contributed by atoms with van der Waals surface area (Å²) in [6.45, 7) is 3.23. The van der Waals surface area contributed by atoms with Crippen molar-refractivity contribution in [3.8, 4) is 5.75 Å². The van der Waals surface area contributed by atoms with Crippen LogP contribution >= 0.6 is 0 Å². The molecule has 92 valence electrons. The van der Waals surface area contributed by atoms with Crippen molar-refractivity contribution in [1.82, 2.24) is 0 Å². The summed E-state index contributed by atoms with van der Waals surface area (Å²) < 4.78 is 5.27. The predicted octanol–water partition coefficient (Wildman–Crippen LogP) is 2.00. The quantitative estimate of drug-likeness (QED) is 0.627. The Labute approximate surface area is 98.0 Å². The van der Waals surface area contributed by atoms with Gasteiger partial charge in [-0.3, -0.25) is 14.9 Å². The Kier molecular flexibility index (Phi) is 4.03. The van der Waals surface area contributed by atoms with Gasteiger partial charge >= 0.3 is 5.97 Å². The molecule has 6 nitrogen and oxygen atoms in total. The molecule has 0 fully saturated rings. The van der Waals surface area contributed by atoms with Crippen molar-refractivity contribution in [3.63, 3.8) is 0 Å². The van der Waals surface area contributed by atoms with E-state index in [0.717, 1.165) is 5.56 Å². The molecule has 0 saturated carbocycles. The molecule has 0 amide bonds. The fourth-order valence-electron chi connectivity index (χ4n) is 1.14. The van der Waals surface area contributed by atoms with Crippen LogP contribution in [0.15, 0.2) is 18.2 Å². The lowest BCUT2D eigenvalue weighted by atomic mass is 10.2. The normalized spacial score (nSPS) is 11.9. The van der Waals surface area contributed by atoms with E-state index in [1.165, 1.54) is 19.1 Å². The number of aryl methyl sites for hydroxylation is 1. The van der Waals surface area contributed by atoms with Crippen LogP contribution in [0.1, 0.15) is 12.5 Å². The molecule has 0 aromatic heterocycles. The SMILES string of the molecule is Cc1ccc([N+](=O)[O-])cc1OCC(C)C(=O)O.